The van der Waals surface area contributed by atoms with Crippen molar-refractivity contribution in [3.05, 3.63) is 124 Å². The molecule has 8 heterocycles. The number of esters is 3. The molecule has 10 rings (SSSR count). The van der Waals surface area contributed by atoms with Crippen LogP contribution in [0.5, 0.6) is 0 Å². The zero-order valence-corrected chi connectivity index (χ0v) is 58.3. The van der Waals surface area contributed by atoms with E-state index in [-0.39, 0.29) is 165 Å². The van der Waals surface area contributed by atoms with E-state index >= 15 is 4.39 Å². The Kier molecular flexibility index (Phi) is 25.7. The number of Topliss-reactive ketones (excluding diaryl/α,β-unsaturated/α-hetero) is 2. The van der Waals surface area contributed by atoms with Gasteiger partial charge in [-0.2, -0.15) is 0 Å². The fourth-order valence-corrected chi connectivity index (χ4v) is 12.7. The quantitative estimate of drug-likeness (QED) is 0.0154. The molecule has 6 atom stereocenters. The fraction of sp³-hybridized carbons (Fsp3) is 0.533. The molecule has 0 saturated heterocycles. The Morgan fingerprint density at radius 3 is 1.40 bits per heavy atom. The van der Waals surface area contributed by atoms with Crippen molar-refractivity contribution in [2.45, 2.75) is 199 Å². The SMILES string of the molecule is C.CC(=O)OCNC(=O)[C@H](C)CC(=O)[C@@H](C)C(C)C.CC[C@@]1(O)C(=O)OCc2c1cc1n(c2=O)Cc2cc3c(CCCCO)c(C)c(F)cc3nc2-1.CC[C@@]1(O)C(=O)OCc2c1cc1n(c2=O)Cc2cc3c(CCCCOCNC(=O)[C@H](C)CC(=O)[C@@H](C)C(C)C)c(C)c(F)cc3nc2-1. The molecule has 24 heteroatoms. The zero-order valence-electron chi connectivity index (χ0n) is 58.3. The number of nitrogens with one attached hydrogen (secondary N) is 2. The van der Waals surface area contributed by atoms with Crippen molar-refractivity contribution in [3.63, 3.8) is 0 Å². The number of unbranched alkanes of at least 4 members (excludes halogenated alkanes) is 2. The first-order valence-corrected chi connectivity index (χ1v) is 33.8. The van der Waals surface area contributed by atoms with Crippen LogP contribution in [0.3, 0.4) is 0 Å². The number of carbonyl (C=O) groups is 7. The summed E-state index contributed by atoms with van der Waals surface area (Å²) in [5.41, 5.74) is 3.94. The van der Waals surface area contributed by atoms with Crippen LogP contribution in [0.25, 0.3) is 44.6 Å². The largest absolute Gasteiger partial charge is 0.458 e. The van der Waals surface area contributed by atoms with Gasteiger partial charge in [0.1, 0.15) is 43.1 Å². The normalized spacial score (nSPS) is 17.3. The number of ketones is 2. The Morgan fingerprint density at radius 1 is 0.616 bits per heavy atom. The van der Waals surface area contributed by atoms with Crippen molar-refractivity contribution >= 4 is 63.1 Å². The van der Waals surface area contributed by atoms with Gasteiger partial charge in [-0.3, -0.25) is 33.6 Å². The van der Waals surface area contributed by atoms with E-state index in [0.29, 0.717) is 90.2 Å². The third-order valence-corrected chi connectivity index (χ3v) is 19.9. The summed E-state index contributed by atoms with van der Waals surface area (Å²) >= 11 is 0. The standard InChI is InChI=1S/C36H44FN3O7.C25H25FN2O5.C13H23NO4.CH4/c1-7-36(45)27-14-30-32-23(16-40(30)34(43)26(27)17-47-35(36)44)13-25-24(22(6)28(37)15-29(25)39-32)10-8-9-11-46-18-38-33(42)20(4)12-31(41)21(5)19(2)3;1-3-25(32)18-9-21-22-14(11-28(21)23(30)17(18)12-33-24(25)31)8-16-15(6-4-5-7-29)13(2)19(26)10-20(16)27-22;1-8(2)10(4)12(16)6-9(3)13(17)14-7-18-11(5)15;/h13-15,19-21,45H,7-12,16-18H2,1-6H3,(H,38,42);8-10,29,32H,3-7,11-12H2,1-2H3;8-10H,6-7H2,1-5H3,(H,14,17);1H4/t20-,21+,36+;25-;9-,10+;/m101./s1. The highest BCUT2D eigenvalue weighted by atomic mass is 19.1. The first-order valence-electron chi connectivity index (χ1n) is 33.8. The predicted molar refractivity (Wildman–Crippen MR) is 367 cm³/mol. The van der Waals surface area contributed by atoms with E-state index in [4.69, 9.17) is 29.3 Å². The molecule has 0 aliphatic carbocycles. The van der Waals surface area contributed by atoms with Crippen molar-refractivity contribution in [3.8, 4) is 22.8 Å². The number of cyclic esters (lactones) is 2. The lowest BCUT2D eigenvalue weighted by molar-refractivity contribution is -0.172. The van der Waals surface area contributed by atoms with Crippen molar-refractivity contribution in [1.29, 1.82) is 0 Å². The molecular formula is C75H96F2N6O16. The van der Waals surface area contributed by atoms with E-state index in [9.17, 15) is 57.8 Å². The zero-order chi connectivity index (χ0) is 72.0. The molecular weight excluding hydrogens is 1280 g/mol. The molecule has 0 spiro atoms. The van der Waals surface area contributed by atoms with Gasteiger partial charge < -0.3 is 54.0 Å². The predicted octanol–water partition coefficient (Wildman–Crippen LogP) is 9.82. The topological polar surface area (TPSA) is 311 Å². The minimum absolute atomic E-state index is 0. The van der Waals surface area contributed by atoms with Gasteiger partial charge in [-0.15, -0.1) is 0 Å². The van der Waals surface area contributed by atoms with Crippen LogP contribution in [0.2, 0.25) is 0 Å². The molecule has 22 nitrogen and oxygen atoms in total. The van der Waals surface area contributed by atoms with Crippen LogP contribution in [0, 0.1) is 61.0 Å². The number of hydrogen-bond donors (Lipinski definition) is 5. The Bertz CT molecular complexity index is 4240. The van der Waals surface area contributed by atoms with Gasteiger partial charge in [0.25, 0.3) is 11.1 Å². The van der Waals surface area contributed by atoms with Crippen LogP contribution >= 0.6 is 0 Å². The molecule has 0 saturated carbocycles. The summed E-state index contributed by atoms with van der Waals surface area (Å²) in [6.07, 6.45) is 4.47. The van der Waals surface area contributed by atoms with Gasteiger partial charge >= 0.3 is 17.9 Å². The van der Waals surface area contributed by atoms with E-state index in [1.807, 2.05) is 53.7 Å². The molecule has 2 aromatic carbocycles. The summed E-state index contributed by atoms with van der Waals surface area (Å²) in [5, 5.41) is 38.0. The average molecular weight is 1380 g/mol. The molecule has 0 fully saturated rings. The molecule has 0 bridgehead atoms. The van der Waals surface area contributed by atoms with Crippen LogP contribution in [-0.2, 0) is 103 Å². The summed E-state index contributed by atoms with van der Waals surface area (Å²) in [7, 11) is 0. The Morgan fingerprint density at radius 2 is 1.02 bits per heavy atom. The first kappa shape index (κ1) is 77.9. The van der Waals surface area contributed by atoms with Gasteiger partial charge in [-0.05, 0) is 124 Å². The summed E-state index contributed by atoms with van der Waals surface area (Å²) in [6.45, 7) is 23.8. The van der Waals surface area contributed by atoms with Crippen molar-refractivity contribution in [2.24, 2.45) is 35.5 Å². The monoisotopic (exact) mass is 1370 g/mol. The van der Waals surface area contributed by atoms with Gasteiger partial charge in [0, 0.05) is 102 Å². The molecule has 6 aromatic rings. The lowest BCUT2D eigenvalue weighted by atomic mass is 9.86. The molecule has 2 amide bonds. The molecule has 4 aliphatic rings. The van der Waals surface area contributed by atoms with Gasteiger partial charge in [-0.25, -0.2) is 28.3 Å². The highest BCUT2D eigenvalue weighted by Gasteiger charge is 2.47. The number of benzene rings is 2. The summed E-state index contributed by atoms with van der Waals surface area (Å²) in [4.78, 5) is 120. The van der Waals surface area contributed by atoms with Crippen molar-refractivity contribution < 1.29 is 76.6 Å². The van der Waals surface area contributed by atoms with Crippen LogP contribution in [0.4, 0.5) is 8.78 Å². The number of hydrogen-bond acceptors (Lipinski definition) is 18. The molecule has 4 aliphatic heterocycles. The van der Waals surface area contributed by atoms with E-state index in [0.717, 1.165) is 39.4 Å². The third kappa shape index (κ3) is 16.4. The second-order valence-corrected chi connectivity index (χ2v) is 27.0. The van der Waals surface area contributed by atoms with Gasteiger partial charge in [0.05, 0.1) is 58.0 Å². The number of carbonyl (C=O) groups excluding carboxylic acids is 7. The number of amides is 2. The van der Waals surface area contributed by atoms with Gasteiger partial charge in [-0.1, -0.05) is 76.7 Å². The highest BCUT2D eigenvalue weighted by molar-refractivity contribution is 5.92. The second kappa shape index (κ2) is 32.7. The summed E-state index contributed by atoms with van der Waals surface area (Å²) in [6, 6.07) is 10.0. The minimum Gasteiger partial charge on any atom is -0.458 e. The number of fused-ring (bicyclic) bond motifs is 10. The third-order valence-electron chi connectivity index (χ3n) is 19.9. The Balaban J connectivity index is 0.000000230. The fourth-order valence-electron chi connectivity index (χ4n) is 12.7. The number of nitrogens with zero attached hydrogens (tertiary/aromatic N) is 4. The number of halogens is 2. The summed E-state index contributed by atoms with van der Waals surface area (Å²) in [5.74, 6) is -3.53. The van der Waals surface area contributed by atoms with E-state index in [2.05, 4.69) is 15.4 Å². The Labute approximate surface area is 575 Å². The molecule has 4 aromatic heterocycles. The minimum atomic E-state index is -1.92. The molecule has 536 valence electrons. The molecule has 0 unspecified atom stereocenters. The maximum atomic E-state index is 15.2. The number of aromatic nitrogens is 4. The lowest BCUT2D eigenvalue weighted by Gasteiger charge is -2.31. The average Bonchev–Trinajstić information content (AvgIpc) is 1.63. The van der Waals surface area contributed by atoms with Crippen LogP contribution in [0.15, 0.2) is 46.0 Å². The molecule has 0 radical (unpaired) electrons. The van der Waals surface area contributed by atoms with Gasteiger partial charge in [0.2, 0.25) is 11.8 Å². The summed E-state index contributed by atoms with van der Waals surface area (Å²) < 4.78 is 53.5. The van der Waals surface area contributed by atoms with E-state index in [1.165, 1.54) is 19.1 Å². The second-order valence-electron chi connectivity index (χ2n) is 27.0. The van der Waals surface area contributed by atoms with E-state index in [1.54, 1.807) is 62.8 Å². The number of ether oxygens (including phenoxy) is 4. The van der Waals surface area contributed by atoms with Crippen molar-refractivity contribution in [1.82, 2.24) is 29.7 Å². The van der Waals surface area contributed by atoms with Crippen LogP contribution in [-0.4, -0.2) is 102 Å². The number of rotatable bonds is 25. The number of aryl methyl sites for hydroxylation is 2. The maximum Gasteiger partial charge on any atom is 0.343 e. The first-order chi connectivity index (χ1) is 46.3. The maximum absolute atomic E-state index is 15.2. The van der Waals surface area contributed by atoms with Crippen LogP contribution < -0.4 is 21.8 Å². The van der Waals surface area contributed by atoms with E-state index < -0.39 is 40.9 Å². The van der Waals surface area contributed by atoms with Gasteiger partial charge in [0.15, 0.2) is 17.9 Å². The Hall–Kier alpha value is -8.45. The van der Waals surface area contributed by atoms with Crippen molar-refractivity contribution in [2.75, 3.05) is 26.7 Å². The number of aliphatic hydroxyl groups excluding tert-OH is 1. The highest BCUT2D eigenvalue weighted by Crippen LogP contribution is 2.42. The lowest BCUT2D eigenvalue weighted by Crippen LogP contribution is -2.44. The smallest absolute Gasteiger partial charge is 0.343 e. The molecule has 5 N–H and O–H groups in total. The number of pyridine rings is 4. The van der Waals surface area contributed by atoms with Crippen LogP contribution in [0.1, 0.15) is 191 Å². The molecule has 99 heavy (non-hydrogen) atoms. The number of aliphatic hydroxyl groups is 3.